The van der Waals surface area contributed by atoms with Gasteiger partial charge in [0, 0.05) is 40.7 Å². The van der Waals surface area contributed by atoms with Crippen LogP contribution in [0.4, 0.5) is 5.69 Å². The molecule has 1 fully saturated rings. The van der Waals surface area contributed by atoms with Crippen molar-refractivity contribution < 1.29 is 19.1 Å². The molecule has 33 heavy (non-hydrogen) atoms. The normalized spacial score (nSPS) is 15.2. The minimum Gasteiger partial charge on any atom is -0.495 e. The lowest BCUT2D eigenvalue weighted by atomic mass is 9.97. The van der Waals surface area contributed by atoms with E-state index in [-0.39, 0.29) is 23.8 Å². The standard InChI is InChI=1S/C25H20ClN3O4/c1-32-21-6-3-7-22(20(21)13-27)33-23-12-17(26)8-9-19(23)16-11-24(30)29(14-16)18-5-2-4-15(10-18)25(28)31/h2-10,12,16H,11,14H2,1H3,(H2,28,31)/t16-/m0/s1. The largest absolute Gasteiger partial charge is 0.495 e. The van der Waals surface area contributed by atoms with Crippen molar-refractivity contribution in [2.45, 2.75) is 12.3 Å². The molecule has 0 saturated carbocycles. The van der Waals surface area contributed by atoms with Gasteiger partial charge in [0.05, 0.1) is 7.11 Å². The number of rotatable bonds is 6. The smallest absolute Gasteiger partial charge is 0.248 e. The Labute approximate surface area is 195 Å². The first-order valence-electron chi connectivity index (χ1n) is 10.2. The molecule has 3 aromatic rings. The van der Waals surface area contributed by atoms with Gasteiger partial charge in [0.15, 0.2) is 0 Å². The van der Waals surface area contributed by atoms with Crippen LogP contribution in [0, 0.1) is 11.3 Å². The van der Waals surface area contributed by atoms with Crippen molar-refractivity contribution in [2.75, 3.05) is 18.6 Å². The van der Waals surface area contributed by atoms with Crippen LogP contribution >= 0.6 is 11.6 Å². The van der Waals surface area contributed by atoms with Crippen molar-refractivity contribution in [3.63, 3.8) is 0 Å². The van der Waals surface area contributed by atoms with Crippen molar-refractivity contribution in [2.24, 2.45) is 5.73 Å². The highest BCUT2D eigenvalue weighted by atomic mass is 35.5. The molecule has 0 aliphatic carbocycles. The van der Waals surface area contributed by atoms with Gasteiger partial charge in [-0.25, -0.2) is 0 Å². The van der Waals surface area contributed by atoms with E-state index in [1.54, 1.807) is 59.5 Å². The summed E-state index contributed by atoms with van der Waals surface area (Å²) in [6.07, 6.45) is 0.252. The third-order valence-electron chi connectivity index (χ3n) is 5.52. The minimum absolute atomic E-state index is 0.0818. The summed E-state index contributed by atoms with van der Waals surface area (Å²) in [5.41, 5.74) is 7.37. The predicted molar refractivity (Wildman–Crippen MR) is 124 cm³/mol. The maximum atomic E-state index is 12.8. The number of primary amides is 1. The third kappa shape index (κ3) is 4.47. The van der Waals surface area contributed by atoms with Crippen molar-refractivity contribution in [1.29, 1.82) is 5.26 Å². The maximum absolute atomic E-state index is 12.8. The SMILES string of the molecule is COc1cccc(Oc2cc(Cl)ccc2[C@H]2CC(=O)N(c3cccc(C(N)=O)c3)C2)c1C#N. The van der Waals surface area contributed by atoms with Gasteiger partial charge in [-0.15, -0.1) is 0 Å². The Hall–Kier alpha value is -4.02. The van der Waals surface area contributed by atoms with Gasteiger partial charge in [-0.05, 0) is 42.5 Å². The number of carbonyl (C=O) groups excluding carboxylic acids is 2. The molecule has 2 amide bonds. The number of benzene rings is 3. The Bertz CT molecular complexity index is 1280. The lowest BCUT2D eigenvalue weighted by molar-refractivity contribution is -0.117. The first kappa shape index (κ1) is 22.2. The van der Waals surface area contributed by atoms with E-state index in [0.717, 1.165) is 5.56 Å². The summed E-state index contributed by atoms with van der Waals surface area (Å²) in [5.74, 6) is 0.364. The Morgan fingerprint density at radius 1 is 1.12 bits per heavy atom. The molecule has 0 spiro atoms. The van der Waals surface area contributed by atoms with Crippen LogP contribution in [0.1, 0.15) is 33.8 Å². The van der Waals surface area contributed by atoms with Gasteiger partial charge in [0.2, 0.25) is 11.8 Å². The zero-order chi connectivity index (χ0) is 23.5. The van der Waals surface area contributed by atoms with Gasteiger partial charge < -0.3 is 20.1 Å². The zero-order valence-electron chi connectivity index (χ0n) is 17.7. The van der Waals surface area contributed by atoms with E-state index >= 15 is 0 Å². The molecule has 7 nitrogen and oxygen atoms in total. The second-order valence-corrected chi connectivity index (χ2v) is 7.99. The molecule has 1 saturated heterocycles. The summed E-state index contributed by atoms with van der Waals surface area (Å²) < 4.78 is 11.4. The summed E-state index contributed by atoms with van der Waals surface area (Å²) in [4.78, 5) is 26.0. The number of hydrogen-bond donors (Lipinski definition) is 1. The number of nitrogens with zero attached hydrogens (tertiary/aromatic N) is 2. The van der Waals surface area contributed by atoms with Crippen LogP contribution in [0.25, 0.3) is 0 Å². The average molecular weight is 462 g/mol. The van der Waals surface area contributed by atoms with E-state index in [1.165, 1.54) is 7.11 Å². The van der Waals surface area contributed by atoms with Gasteiger partial charge >= 0.3 is 0 Å². The number of amides is 2. The molecule has 1 aliphatic rings. The van der Waals surface area contributed by atoms with E-state index in [1.807, 2.05) is 6.07 Å². The van der Waals surface area contributed by atoms with Gasteiger partial charge in [-0.2, -0.15) is 5.26 Å². The molecule has 0 radical (unpaired) electrons. The number of nitriles is 1. The van der Waals surface area contributed by atoms with Crippen LogP contribution in [0.3, 0.4) is 0 Å². The average Bonchev–Trinajstić information content (AvgIpc) is 3.20. The number of nitrogens with two attached hydrogens (primary N) is 1. The van der Waals surface area contributed by atoms with Crippen molar-refractivity contribution in [3.8, 4) is 23.3 Å². The van der Waals surface area contributed by atoms with Crippen molar-refractivity contribution in [1.82, 2.24) is 0 Å². The first-order valence-corrected chi connectivity index (χ1v) is 10.5. The molecular weight excluding hydrogens is 442 g/mol. The van der Waals surface area contributed by atoms with E-state index in [4.69, 9.17) is 26.8 Å². The van der Waals surface area contributed by atoms with Crippen LogP contribution in [0.5, 0.6) is 17.2 Å². The summed E-state index contributed by atoms with van der Waals surface area (Å²) in [7, 11) is 1.48. The highest BCUT2D eigenvalue weighted by Gasteiger charge is 2.33. The highest BCUT2D eigenvalue weighted by molar-refractivity contribution is 6.30. The molecule has 1 aliphatic heterocycles. The van der Waals surface area contributed by atoms with E-state index in [9.17, 15) is 14.9 Å². The molecule has 0 aromatic heterocycles. The molecule has 8 heteroatoms. The second kappa shape index (κ2) is 9.23. The number of ether oxygens (including phenoxy) is 2. The van der Waals surface area contributed by atoms with E-state index in [0.29, 0.717) is 40.1 Å². The second-order valence-electron chi connectivity index (χ2n) is 7.55. The topological polar surface area (TPSA) is 106 Å². The maximum Gasteiger partial charge on any atom is 0.248 e. The number of halogens is 1. The summed E-state index contributed by atoms with van der Waals surface area (Å²) in [5, 5.41) is 10.0. The minimum atomic E-state index is -0.556. The molecule has 4 rings (SSSR count). The zero-order valence-corrected chi connectivity index (χ0v) is 18.5. The number of hydrogen-bond acceptors (Lipinski definition) is 5. The van der Waals surface area contributed by atoms with Crippen molar-refractivity contribution in [3.05, 3.63) is 82.4 Å². The van der Waals surface area contributed by atoms with Crippen LogP contribution in [0.2, 0.25) is 5.02 Å². The van der Waals surface area contributed by atoms with Crippen LogP contribution in [-0.2, 0) is 4.79 Å². The monoisotopic (exact) mass is 461 g/mol. The molecule has 0 bridgehead atoms. The Morgan fingerprint density at radius 2 is 1.88 bits per heavy atom. The predicted octanol–water partition coefficient (Wildman–Crippen LogP) is 4.63. The molecule has 2 N–H and O–H groups in total. The molecule has 0 unspecified atom stereocenters. The van der Waals surface area contributed by atoms with Gasteiger partial charge in [-0.3, -0.25) is 9.59 Å². The Balaban J connectivity index is 1.66. The van der Waals surface area contributed by atoms with Crippen molar-refractivity contribution >= 4 is 29.1 Å². The highest BCUT2D eigenvalue weighted by Crippen LogP contribution is 2.40. The fraction of sp³-hybridized carbons (Fsp3) is 0.160. The molecule has 1 heterocycles. The summed E-state index contributed by atoms with van der Waals surface area (Å²) >= 11 is 6.23. The fourth-order valence-electron chi connectivity index (χ4n) is 3.92. The van der Waals surface area contributed by atoms with Crippen LogP contribution in [0.15, 0.2) is 60.7 Å². The molecular formula is C25H20ClN3O4. The van der Waals surface area contributed by atoms with Gasteiger partial charge in [0.1, 0.15) is 28.9 Å². The number of carbonyl (C=O) groups is 2. The summed E-state index contributed by atoms with van der Waals surface area (Å²) in [6.45, 7) is 0.391. The van der Waals surface area contributed by atoms with Gasteiger partial charge in [-0.1, -0.05) is 29.8 Å². The fourth-order valence-corrected chi connectivity index (χ4v) is 4.08. The first-order chi connectivity index (χ1) is 15.9. The lowest BCUT2D eigenvalue weighted by Gasteiger charge is -2.19. The lowest BCUT2D eigenvalue weighted by Crippen LogP contribution is -2.24. The van der Waals surface area contributed by atoms with Crippen LogP contribution in [-0.4, -0.2) is 25.5 Å². The molecule has 1 atom stereocenters. The Morgan fingerprint density at radius 3 is 2.61 bits per heavy atom. The summed E-state index contributed by atoms with van der Waals surface area (Å²) in [6, 6.07) is 19.1. The molecule has 3 aromatic carbocycles. The third-order valence-corrected chi connectivity index (χ3v) is 5.76. The number of anilines is 1. The van der Waals surface area contributed by atoms with Gasteiger partial charge in [0.25, 0.3) is 0 Å². The van der Waals surface area contributed by atoms with E-state index in [2.05, 4.69) is 6.07 Å². The Kier molecular flexibility index (Phi) is 6.20. The number of methoxy groups -OCH3 is 1. The quantitative estimate of drug-likeness (QED) is 0.576. The van der Waals surface area contributed by atoms with E-state index < -0.39 is 5.91 Å². The molecule has 166 valence electrons. The van der Waals surface area contributed by atoms with Crippen LogP contribution < -0.4 is 20.1 Å².